The molecule has 1 aromatic heterocycles. The van der Waals surface area contributed by atoms with Crippen molar-refractivity contribution in [1.29, 1.82) is 0 Å². The fraction of sp³-hybridized carbons (Fsp3) is 0.452. The number of nitrogens with two attached hydrogens (primary N) is 1. The Morgan fingerprint density at radius 2 is 1.81 bits per heavy atom. The maximum atomic E-state index is 13.6. The quantitative estimate of drug-likeness (QED) is 0.246. The molecule has 0 radical (unpaired) electrons. The summed E-state index contributed by atoms with van der Waals surface area (Å²) in [6, 6.07) is 11.6. The normalized spacial score (nSPS) is 14.0. The first kappa shape index (κ1) is 33.0. The lowest BCUT2D eigenvalue weighted by Crippen LogP contribution is -2.62. The van der Waals surface area contributed by atoms with Crippen LogP contribution in [-0.2, 0) is 37.5 Å². The van der Waals surface area contributed by atoms with Gasteiger partial charge in [0.15, 0.2) is 11.9 Å². The fourth-order valence-electron chi connectivity index (χ4n) is 5.47. The minimum atomic E-state index is -4.03. The van der Waals surface area contributed by atoms with Crippen LogP contribution in [0.4, 0.5) is 5.82 Å². The van der Waals surface area contributed by atoms with Crippen LogP contribution in [0.15, 0.2) is 51.9 Å². The van der Waals surface area contributed by atoms with E-state index in [0.717, 1.165) is 24.0 Å². The van der Waals surface area contributed by atoms with E-state index in [2.05, 4.69) is 9.88 Å². The van der Waals surface area contributed by atoms with Gasteiger partial charge >= 0.3 is 5.91 Å². The summed E-state index contributed by atoms with van der Waals surface area (Å²) < 4.78 is 40.1. The van der Waals surface area contributed by atoms with Gasteiger partial charge in [0.1, 0.15) is 12.3 Å². The molecule has 0 aliphatic rings. The van der Waals surface area contributed by atoms with Crippen LogP contribution >= 0.6 is 0 Å². The molecule has 0 bridgehead atoms. The number of likely N-dealkylation sites (N-methyl/N-ethyl adjacent to an activating group) is 1. The molecule has 2 amide bonds. The number of amides is 2. The second-order valence-corrected chi connectivity index (χ2v) is 12.9. The first-order valence-electron chi connectivity index (χ1n) is 14.1. The van der Waals surface area contributed by atoms with Gasteiger partial charge in [-0.05, 0) is 43.5 Å². The van der Waals surface area contributed by atoms with Gasteiger partial charge in [-0.25, -0.2) is 17.7 Å². The minimum absolute atomic E-state index is 0.0485. The average molecular weight is 600 g/mol. The third-order valence-corrected chi connectivity index (χ3v) is 9.08. The third kappa shape index (κ3) is 7.08. The Bertz CT molecular complexity index is 1530. The molecule has 0 spiro atoms. The van der Waals surface area contributed by atoms with Crippen LogP contribution in [0.25, 0.3) is 11.1 Å². The van der Waals surface area contributed by atoms with E-state index in [-0.39, 0.29) is 40.2 Å². The molecule has 3 N–H and O–H groups in total. The van der Waals surface area contributed by atoms with Gasteiger partial charge in [0, 0.05) is 29.7 Å². The summed E-state index contributed by atoms with van der Waals surface area (Å²) in [6.45, 7) is 9.69. The number of carbonyl (C=O) groups excluding carboxylic acids is 2. The van der Waals surface area contributed by atoms with E-state index in [1.165, 1.54) is 6.07 Å². The molecule has 0 saturated heterocycles. The smallest absolute Gasteiger partial charge is 0.314 e. The highest BCUT2D eigenvalue weighted by atomic mass is 32.2. The molecule has 2 aromatic carbocycles. The molecule has 3 aromatic rings. The molecule has 0 saturated carbocycles. The summed E-state index contributed by atoms with van der Waals surface area (Å²) >= 11 is 0. The van der Waals surface area contributed by atoms with Gasteiger partial charge in [0.2, 0.25) is 0 Å². The summed E-state index contributed by atoms with van der Waals surface area (Å²) in [6.07, 6.45) is 1.92. The van der Waals surface area contributed by atoms with Gasteiger partial charge in [-0.15, -0.1) is 0 Å². The molecule has 1 unspecified atom stereocenters. The predicted octanol–water partition coefficient (Wildman–Crippen LogP) is 5.08. The van der Waals surface area contributed by atoms with Gasteiger partial charge in [-0.3, -0.25) is 9.52 Å². The number of nitrogens with one attached hydrogen (secondary N) is 1. The van der Waals surface area contributed by atoms with Gasteiger partial charge in [-0.1, -0.05) is 62.7 Å². The zero-order chi connectivity index (χ0) is 31.2. The number of anilines is 1. The van der Waals surface area contributed by atoms with Crippen molar-refractivity contribution in [1.82, 2.24) is 5.16 Å². The molecule has 10 nitrogen and oxygen atoms in total. The minimum Gasteiger partial charge on any atom is -0.380 e. The summed E-state index contributed by atoms with van der Waals surface area (Å²) in [5.41, 5.74) is 9.13. The van der Waals surface area contributed by atoms with Crippen molar-refractivity contribution in [3.8, 4) is 11.1 Å². The molecule has 3 rings (SSSR count). The Labute approximate surface area is 248 Å². The summed E-state index contributed by atoms with van der Waals surface area (Å²) in [4.78, 5) is 26.2. The molecule has 2 atom stereocenters. The first-order valence-corrected chi connectivity index (χ1v) is 15.6. The van der Waals surface area contributed by atoms with Gasteiger partial charge in [-0.2, -0.15) is 0 Å². The molecular formula is C31H43N4O6S+. The second kappa shape index (κ2) is 13.6. The number of nitrogens with zero attached hydrogens (tertiary/aromatic N) is 2. The van der Waals surface area contributed by atoms with E-state index in [4.69, 9.17) is 15.0 Å². The lowest BCUT2D eigenvalue weighted by atomic mass is 9.94. The van der Waals surface area contributed by atoms with Gasteiger partial charge < -0.3 is 15.0 Å². The van der Waals surface area contributed by atoms with Crippen LogP contribution in [0.5, 0.6) is 0 Å². The number of unbranched alkanes of at least 4 members (excludes halogenated alkanes) is 1. The number of hydrogen-bond acceptors (Lipinski definition) is 7. The van der Waals surface area contributed by atoms with E-state index in [0.29, 0.717) is 28.9 Å². The fourth-order valence-corrected chi connectivity index (χ4v) is 6.75. The van der Waals surface area contributed by atoms with Crippen molar-refractivity contribution < 1.29 is 31.7 Å². The lowest BCUT2D eigenvalue weighted by Gasteiger charge is -2.39. The standard InChI is InChI=1S/C31H42N4O6S/c1-8-9-14-28(36)35(6,29(20(2)3)30(32)37)18-23-15-16-25(24(17-23)19-40-7)26-12-10-11-13-27(26)42(38,39)34-31-21(4)22(5)41-33-31/h10-13,15-17,20,29H,8-9,14,18-19H2,1-7H3,(H2-,32,33,34,37)/p+1/t29-,35?/m0/s1. The van der Waals surface area contributed by atoms with Crippen LogP contribution in [0.2, 0.25) is 0 Å². The summed E-state index contributed by atoms with van der Waals surface area (Å²) in [7, 11) is -0.696. The maximum absolute atomic E-state index is 13.6. The lowest BCUT2D eigenvalue weighted by molar-refractivity contribution is -0.868. The van der Waals surface area contributed by atoms with Crippen LogP contribution < -0.4 is 10.5 Å². The Hall–Kier alpha value is -3.54. The van der Waals surface area contributed by atoms with E-state index in [1.807, 2.05) is 39.0 Å². The van der Waals surface area contributed by atoms with Crippen LogP contribution in [-0.4, -0.2) is 50.1 Å². The van der Waals surface area contributed by atoms with Crippen LogP contribution in [0.1, 0.15) is 62.5 Å². The Morgan fingerprint density at radius 3 is 2.38 bits per heavy atom. The van der Waals surface area contributed by atoms with E-state index < -0.39 is 22.0 Å². The number of rotatable bonds is 14. The highest BCUT2D eigenvalue weighted by molar-refractivity contribution is 7.92. The number of primary amides is 1. The number of carbonyl (C=O) groups is 2. The van der Waals surface area contributed by atoms with Crippen molar-refractivity contribution in [2.75, 3.05) is 18.9 Å². The van der Waals surface area contributed by atoms with Gasteiger partial charge in [0.05, 0.1) is 25.0 Å². The molecule has 0 fully saturated rings. The number of aryl methyl sites for hydroxylation is 1. The maximum Gasteiger partial charge on any atom is 0.314 e. The SMILES string of the molecule is CCCCC(=O)[N+](C)(Cc1ccc(-c2ccccc2S(=O)(=O)Nc2noc(C)c2C)c(COC)c1)[C@H](C(N)=O)C(C)C. The molecule has 42 heavy (non-hydrogen) atoms. The molecule has 0 aliphatic heterocycles. The van der Waals surface area contributed by atoms with Crippen molar-refractivity contribution in [2.24, 2.45) is 11.7 Å². The Kier molecular flexibility index (Phi) is 10.7. The number of ether oxygens (including phenoxy) is 1. The molecule has 0 aliphatic carbocycles. The predicted molar refractivity (Wildman–Crippen MR) is 162 cm³/mol. The number of sulfonamides is 1. The summed E-state index contributed by atoms with van der Waals surface area (Å²) in [5.74, 6) is -0.0670. The number of methoxy groups -OCH3 is 1. The number of aromatic nitrogens is 1. The van der Waals surface area contributed by atoms with Crippen molar-refractivity contribution in [3.63, 3.8) is 0 Å². The third-order valence-electron chi connectivity index (χ3n) is 7.69. The molecular weight excluding hydrogens is 556 g/mol. The number of hydrogen-bond donors (Lipinski definition) is 2. The van der Waals surface area contributed by atoms with Crippen LogP contribution in [0, 0.1) is 19.8 Å². The van der Waals surface area contributed by atoms with Crippen molar-refractivity contribution >= 4 is 27.7 Å². The number of benzene rings is 2. The van der Waals surface area contributed by atoms with Crippen molar-refractivity contribution in [3.05, 3.63) is 64.9 Å². The van der Waals surface area contributed by atoms with E-state index in [9.17, 15) is 18.0 Å². The first-order chi connectivity index (χ1) is 19.8. The Balaban J connectivity index is 2.09. The number of quaternary nitrogens is 1. The largest absolute Gasteiger partial charge is 0.380 e. The van der Waals surface area contributed by atoms with E-state index in [1.54, 1.807) is 46.2 Å². The average Bonchev–Trinajstić information content (AvgIpc) is 3.23. The zero-order valence-electron chi connectivity index (χ0n) is 25.6. The van der Waals surface area contributed by atoms with Gasteiger partial charge in [0.25, 0.3) is 15.9 Å². The second-order valence-electron chi connectivity index (χ2n) is 11.3. The van der Waals surface area contributed by atoms with E-state index >= 15 is 0 Å². The summed E-state index contributed by atoms with van der Waals surface area (Å²) in [5, 5.41) is 3.85. The van der Waals surface area contributed by atoms with Crippen molar-refractivity contribution in [2.45, 2.75) is 78.0 Å². The highest BCUT2D eigenvalue weighted by Crippen LogP contribution is 2.34. The zero-order valence-corrected chi connectivity index (χ0v) is 26.4. The highest BCUT2D eigenvalue weighted by Gasteiger charge is 2.45. The monoisotopic (exact) mass is 599 g/mol. The molecule has 11 heteroatoms. The topological polar surface area (TPSA) is 142 Å². The molecule has 228 valence electrons. The Morgan fingerprint density at radius 1 is 1.12 bits per heavy atom. The molecule has 1 heterocycles. The van der Waals surface area contributed by atoms with Crippen LogP contribution in [0.3, 0.4) is 0 Å².